The van der Waals surface area contributed by atoms with E-state index in [1.54, 1.807) is 7.05 Å². The molecule has 0 bridgehead atoms. The average Bonchev–Trinajstić information content (AvgIpc) is 3.15. The van der Waals surface area contributed by atoms with Gasteiger partial charge in [0.05, 0.1) is 18.7 Å². The number of hydrogen-bond donors (Lipinski definition) is 2. The van der Waals surface area contributed by atoms with Crippen LogP contribution in [0.3, 0.4) is 0 Å². The smallest absolute Gasteiger partial charge is 0.239 e. The lowest BCUT2D eigenvalue weighted by Gasteiger charge is -2.35. The van der Waals surface area contributed by atoms with Crippen LogP contribution in [0.5, 0.6) is 0 Å². The molecule has 2 N–H and O–H groups in total. The Morgan fingerprint density at radius 1 is 1.35 bits per heavy atom. The topological polar surface area (TPSA) is 72.9 Å². The SMILES string of the molecule is CN(CC(=O)NC1CC1)C(=O)CN1CCC(C)(O)CC1. The van der Waals surface area contributed by atoms with Crippen molar-refractivity contribution in [2.24, 2.45) is 0 Å². The van der Waals surface area contributed by atoms with Gasteiger partial charge in [-0.2, -0.15) is 0 Å². The second kappa shape index (κ2) is 6.10. The molecule has 0 aromatic carbocycles. The molecule has 0 radical (unpaired) electrons. The van der Waals surface area contributed by atoms with E-state index < -0.39 is 5.60 Å². The molecule has 1 aliphatic heterocycles. The molecule has 2 amide bonds. The average molecular weight is 283 g/mol. The second-order valence-electron chi connectivity index (χ2n) is 6.36. The maximum Gasteiger partial charge on any atom is 0.239 e. The van der Waals surface area contributed by atoms with Gasteiger partial charge in [-0.25, -0.2) is 0 Å². The van der Waals surface area contributed by atoms with Gasteiger partial charge in [-0.15, -0.1) is 0 Å². The molecule has 0 spiro atoms. The van der Waals surface area contributed by atoms with Crippen LogP contribution in [0, 0.1) is 0 Å². The van der Waals surface area contributed by atoms with Crippen LogP contribution in [0.1, 0.15) is 32.6 Å². The minimum absolute atomic E-state index is 0.0440. The molecule has 0 aromatic rings. The first-order chi connectivity index (χ1) is 9.35. The summed E-state index contributed by atoms with van der Waals surface area (Å²) < 4.78 is 0. The summed E-state index contributed by atoms with van der Waals surface area (Å²) in [6.45, 7) is 3.73. The van der Waals surface area contributed by atoms with Crippen molar-refractivity contribution in [1.29, 1.82) is 0 Å². The van der Waals surface area contributed by atoms with Gasteiger partial charge in [-0.1, -0.05) is 0 Å². The zero-order chi connectivity index (χ0) is 14.8. The van der Waals surface area contributed by atoms with Gasteiger partial charge in [0.2, 0.25) is 11.8 Å². The highest BCUT2D eigenvalue weighted by molar-refractivity contribution is 5.85. The summed E-state index contributed by atoms with van der Waals surface area (Å²) >= 11 is 0. The Morgan fingerprint density at radius 2 is 1.95 bits per heavy atom. The van der Waals surface area contributed by atoms with Crippen molar-refractivity contribution in [3.8, 4) is 0 Å². The third-order valence-corrected chi connectivity index (χ3v) is 4.04. The number of likely N-dealkylation sites (N-methyl/N-ethyl adjacent to an activating group) is 1. The quantitative estimate of drug-likeness (QED) is 0.718. The van der Waals surface area contributed by atoms with Crippen LogP contribution in [0.25, 0.3) is 0 Å². The molecule has 0 aromatic heterocycles. The maximum atomic E-state index is 12.1. The lowest BCUT2D eigenvalue weighted by Crippen LogP contribution is -2.48. The van der Waals surface area contributed by atoms with Crippen molar-refractivity contribution >= 4 is 11.8 Å². The molecule has 0 atom stereocenters. The Kier molecular flexibility index (Phi) is 4.65. The van der Waals surface area contributed by atoms with Crippen LogP contribution < -0.4 is 5.32 Å². The summed E-state index contributed by atoms with van der Waals surface area (Å²) in [6.07, 6.45) is 3.48. The summed E-state index contributed by atoms with van der Waals surface area (Å²) in [6, 6.07) is 0.329. The number of rotatable bonds is 5. The zero-order valence-corrected chi connectivity index (χ0v) is 12.4. The van der Waals surface area contributed by atoms with Crippen LogP contribution in [-0.4, -0.2) is 71.6 Å². The molecule has 1 heterocycles. The van der Waals surface area contributed by atoms with E-state index in [2.05, 4.69) is 5.32 Å². The molecule has 2 aliphatic rings. The van der Waals surface area contributed by atoms with Gasteiger partial charge in [0, 0.05) is 26.2 Å². The van der Waals surface area contributed by atoms with Crippen molar-refractivity contribution in [1.82, 2.24) is 15.1 Å². The number of carbonyl (C=O) groups is 2. The Morgan fingerprint density at radius 3 is 2.50 bits per heavy atom. The first-order valence-electron chi connectivity index (χ1n) is 7.34. The number of carbonyl (C=O) groups excluding carboxylic acids is 2. The Bertz CT molecular complexity index is 370. The van der Waals surface area contributed by atoms with E-state index in [9.17, 15) is 14.7 Å². The Labute approximate surface area is 120 Å². The van der Waals surface area contributed by atoms with E-state index in [0.717, 1.165) is 25.9 Å². The van der Waals surface area contributed by atoms with Crippen LogP contribution in [0.4, 0.5) is 0 Å². The fourth-order valence-electron chi connectivity index (χ4n) is 2.31. The number of piperidine rings is 1. The first kappa shape index (κ1) is 15.3. The fourth-order valence-corrected chi connectivity index (χ4v) is 2.31. The molecule has 6 nitrogen and oxygen atoms in total. The van der Waals surface area contributed by atoms with E-state index >= 15 is 0 Å². The van der Waals surface area contributed by atoms with Gasteiger partial charge in [0.15, 0.2) is 0 Å². The van der Waals surface area contributed by atoms with E-state index in [1.165, 1.54) is 4.90 Å². The normalized spacial score (nSPS) is 22.4. The van der Waals surface area contributed by atoms with Gasteiger partial charge in [0.1, 0.15) is 0 Å². The van der Waals surface area contributed by atoms with Crippen molar-refractivity contribution < 1.29 is 14.7 Å². The Balaban J connectivity index is 1.69. The standard InChI is InChI=1S/C14H25N3O3/c1-14(20)5-7-17(8-6-14)10-13(19)16(2)9-12(18)15-11-3-4-11/h11,20H,3-10H2,1-2H3,(H,15,18). The fraction of sp³-hybridized carbons (Fsp3) is 0.857. The van der Waals surface area contributed by atoms with Crippen LogP contribution in [-0.2, 0) is 9.59 Å². The number of likely N-dealkylation sites (tertiary alicyclic amines) is 1. The summed E-state index contributed by atoms with van der Waals surface area (Å²) in [4.78, 5) is 27.2. The second-order valence-corrected chi connectivity index (χ2v) is 6.36. The Hall–Kier alpha value is -1.14. The molecule has 2 fully saturated rings. The number of amides is 2. The van der Waals surface area contributed by atoms with Gasteiger partial charge >= 0.3 is 0 Å². The van der Waals surface area contributed by atoms with Crippen molar-refractivity contribution in [2.75, 3.05) is 33.2 Å². The van der Waals surface area contributed by atoms with Crippen molar-refractivity contribution in [3.05, 3.63) is 0 Å². The first-order valence-corrected chi connectivity index (χ1v) is 7.34. The number of hydrogen-bond acceptors (Lipinski definition) is 4. The van der Waals surface area contributed by atoms with Gasteiger partial charge in [-0.05, 0) is 32.6 Å². The summed E-state index contributed by atoms with van der Waals surface area (Å²) in [5.41, 5.74) is -0.602. The van der Waals surface area contributed by atoms with E-state index in [4.69, 9.17) is 0 Å². The van der Waals surface area contributed by atoms with E-state index in [1.807, 2.05) is 11.8 Å². The van der Waals surface area contributed by atoms with E-state index in [-0.39, 0.29) is 18.4 Å². The van der Waals surface area contributed by atoms with Crippen LogP contribution in [0.2, 0.25) is 0 Å². The summed E-state index contributed by atoms with van der Waals surface area (Å²) in [7, 11) is 1.66. The van der Waals surface area contributed by atoms with Crippen LogP contribution >= 0.6 is 0 Å². The van der Waals surface area contributed by atoms with Crippen molar-refractivity contribution in [2.45, 2.75) is 44.2 Å². The minimum atomic E-state index is -0.602. The largest absolute Gasteiger partial charge is 0.390 e. The van der Waals surface area contributed by atoms with Gasteiger partial charge < -0.3 is 15.3 Å². The molecule has 0 unspecified atom stereocenters. The summed E-state index contributed by atoms with van der Waals surface area (Å²) in [5.74, 6) is -0.123. The minimum Gasteiger partial charge on any atom is -0.390 e. The molecule has 20 heavy (non-hydrogen) atoms. The third kappa shape index (κ3) is 4.76. The lowest BCUT2D eigenvalue weighted by molar-refractivity contribution is -0.136. The summed E-state index contributed by atoms with van der Waals surface area (Å²) in [5, 5.41) is 12.7. The highest BCUT2D eigenvalue weighted by Gasteiger charge is 2.29. The number of aliphatic hydroxyl groups is 1. The van der Waals surface area contributed by atoms with Crippen LogP contribution in [0.15, 0.2) is 0 Å². The van der Waals surface area contributed by atoms with E-state index in [0.29, 0.717) is 25.4 Å². The lowest BCUT2D eigenvalue weighted by atomic mass is 9.94. The highest BCUT2D eigenvalue weighted by Crippen LogP contribution is 2.21. The molecule has 114 valence electrons. The number of nitrogens with zero attached hydrogens (tertiary/aromatic N) is 2. The predicted octanol–water partition coefficient (Wildman–Crippen LogP) is -0.430. The number of nitrogens with one attached hydrogen (secondary N) is 1. The molecule has 2 rings (SSSR count). The highest BCUT2D eigenvalue weighted by atomic mass is 16.3. The van der Waals surface area contributed by atoms with Gasteiger partial charge in [0.25, 0.3) is 0 Å². The van der Waals surface area contributed by atoms with Gasteiger partial charge in [-0.3, -0.25) is 14.5 Å². The maximum absolute atomic E-state index is 12.1. The molecule has 1 saturated carbocycles. The molecule has 6 heteroatoms. The molecular formula is C14H25N3O3. The molecule has 1 aliphatic carbocycles. The predicted molar refractivity (Wildman–Crippen MR) is 75.1 cm³/mol. The zero-order valence-electron chi connectivity index (χ0n) is 12.4. The molecule has 1 saturated heterocycles. The van der Waals surface area contributed by atoms with Crippen molar-refractivity contribution in [3.63, 3.8) is 0 Å². The monoisotopic (exact) mass is 283 g/mol. The molecular weight excluding hydrogens is 258 g/mol. The third-order valence-electron chi connectivity index (χ3n) is 4.04.